The van der Waals surface area contributed by atoms with Crippen LogP contribution in [0.3, 0.4) is 0 Å². The van der Waals surface area contributed by atoms with Crippen molar-refractivity contribution in [3.8, 4) is 0 Å². The zero-order valence-corrected chi connectivity index (χ0v) is 11.3. The summed E-state index contributed by atoms with van der Waals surface area (Å²) in [4.78, 5) is 2.42. The van der Waals surface area contributed by atoms with Crippen LogP contribution in [-0.4, -0.2) is 29.6 Å². The molecule has 2 fully saturated rings. The average molecular weight is 266 g/mol. The maximum Gasteiger partial charge on any atom is 0.0917 e. The number of hydrogen-bond donors (Lipinski definition) is 1. The van der Waals surface area contributed by atoms with Crippen molar-refractivity contribution in [3.63, 3.8) is 0 Å². The minimum absolute atomic E-state index is 0.414. The number of β-amino-alcohol motifs (C(OH)–C–C–N with tert-alkyl or cyclic N) is 1. The average Bonchev–Trinajstić information content (AvgIpc) is 2.89. The fourth-order valence-electron chi connectivity index (χ4n) is 3.55. The van der Waals surface area contributed by atoms with E-state index in [9.17, 15) is 5.11 Å². The fraction of sp³-hybridized carbons (Fsp3) is 0.600. The van der Waals surface area contributed by atoms with Crippen LogP contribution < -0.4 is 0 Å². The van der Waals surface area contributed by atoms with Gasteiger partial charge in [-0.1, -0.05) is 30.2 Å². The number of aliphatic hydroxyl groups excluding tert-OH is 1. The molecule has 1 heterocycles. The van der Waals surface area contributed by atoms with E-state index < -0.39 is 6.10 Å². The number of rotatable bonds is 3. The molecule has 0 bridgehead atoms. The Kier molecular flexibility index (Phi) is 3.60. The first-order valence-corrected chi connectivity index (χ1v) is 7.26. The second-order valence-electron chi connectivity index (χ2n) is 5.74. The van der Waals surface area contributed by atoms with Crippen molar-refractivity contribution >= 4 is 11.6 Å². The highest BCUT2D eigenvalue weighted by atomic mass is 35.5. The summed E-state index contributed by atoms with van der Waals surface area (Å²) < 4.78 is 0. The van der Waals surface area contributed by atoms with Gasteiger partial charge >= 0.3 is 0 Å². The smallest absolute Gasteiger partial charge is 0.0917 e. The minimum Gasteiger partial charge on any atom is -0.387 e. The molecule has 2 nitrogen and oxygen atoms in total. The molecule has 18 heavy (non-hydrogen) atoms. The zero-order chi connectivity index (χ0) is 12.5. The molecule has 1 aliphatic heterocycles. The van der Waals surface area contributed by atoms with Crippen molar-refractivity contribution in [1.82, 2.24) is 4.90 Å². The molecule has 0 aromatic heterocycles. The van der Waals surface area contributed by atoms with Gasteiger partial charge in [-0.15, -0.1) is 0 Å². The predicted octanol–water partition coefficient (Wildman–Crippen LogP) is 3.11. The van der Waals surface area contributed by atoms with E-state index in [4.69, 9.17) is 11.6 Å². The summed E-state index contributed by atoms with van der Waals surface area (Å²) in [6.07, 6.45) is 3.76. The van der Waals surface area contributed by atoms with E-state index in [1.165, 1.54) is 32.4 Å². The van der Waals surface area contributed by atoms with E-state index in [-0.39, 0.29) is 0 Å². The number of halogens is 1. The molecule has 0 radical (unpaired) electrons. The van der Waals surface area contributed by atoms with E-state index >= 15 is 0 Å². The first-order valence-electron chi connectivity index (χ1n) is 6.88. The molecule has 98 valence electrons. The second-order valence-corrected chi connectivity index (χ2v) is 6.18. The number of likely N-dealkylation sites (tertiary alicyclic amines) is 1. The quantitative estimate of drug-likeness (QED) is 0.908. The molecular weight excluding hydrogens is 246 g/mol. The highest BCUT2D eigenvalue weighted by Gasteiger charge is 2.36. The van der Waals surface area contributed by atoms with E-state index in [0.717, 1.165) is 23.9 Å². The van der Waals surface area contributed by atoms with Crippen molar-refractivity contribution in [3.05, 3.63) is 34.9 Å². The summed E-state index contributed by atoms with van der Waals surface area (Å²) in [7, 11) is 0. The lowest BCUT2D eigenvalue weighted by Gasteiger charge is -2.21. The van der Waals surface area contributed by atoms with Gasteiger partial charge in [0.1, 0.15) is 0 Å². The number of nitrogens with zero attached hydrogens (tertiary/aromatic N) is 1. The van der Waals surface area contributed by atoms with Crippen LogP contribution in [0.5, 0.6) is 0 Å². The molecule has 1 saturated heterocycles. The van der Waals surface area contributed by atoms with E-state index in [2.05, 4.69) is 4.90 Å². The Morgan fingerprint density at radius 2 is 2.00 bits per heavy atom. The Balaban J connectivity index is 1.60. The van der Waals surface area contributed by atoms with E-state index in [1.54, 1.807) is 0 Å². The molecule has 3 unspecified atom stereocenters. The molecule has 1 saturated carbocycles. The Labute approximate surface area is 114 Å². The summed E-state index contributed by atoms with van der Waals surface area (Å²) in [5, 5.41) is 11.0. The molecule has 1 aromatic carbocycles. The maximum atomic E-state index is 10.3. The normalized spacial score (nSPS) is 29.4. The molecule has 2 aliphatic rings. The SMILES string of the molecule is OC(CN1CC2CCCC2C1)c1cccc(Cl)c1. The third-order valence-electron chi connectivity index (χ3n) is 4.47. The number of fused-ring (bicyclic) bond motifs is 1. The van der Waals surface area contributed by atoms with Gasteiger partial charge in [0.05, 0.1) is 6.10 Å². The molecule has 1 aromatic rings. The highest BCUT2D eigenvalue weighted by molar-refractivity contribution is 6.30. The molecule has 3 rings (SSSR count). The molecule has 3 heteroatoms. The van der Waals surface area contributed by atoms with Crippen LogP contribution in [0.15, 0.2) is 24.3 Å². The Hall–Kier alpha value is -0.570. The van der Waals surface area contributed by atoms with Crippen LogP contribution in [0, 0.1) is 11.8 Å². The number of aliphatic hydroxyl groups is 1. The van der Waals surface area contributed by atoms with Gasteiger partial charge in [-0.2, -0.15) is 0 Å². The van der Waals surface area contributed by atoms with Crippen molar-refractivity contribution in [2.75, 3.05) is 19.6 Å². The van der Waals surface area contributed by atoms with Gasteiger partial charge in [-0.05, 0) is 42.4 Å². The minimum atomic E-state index is -0.414. The summed E-state index contributed by atoms with van der Waals surface area (Å²) in [6, 6.07) is 7.56. The number of hydrogen-bond acceptors (Lipinski definition) is 2. The van der Waals surface area contributed by atoms with Crippen LogP contribution in [0.25, 0.3) is 0 Å². The van der Waals surface area contributed by atoms with Crippen LogP contribution in [0.4, 0.5) is 0 Å². The largest absolute Gasteiger partial charge is 0.387 e. The highest BCUT2D eigenvalue weighted by Crippen LogP contribution is 2.38. The van der Waals surface area contributed by atoms with Crippen LogP contribution in [0.1, 0.15) is 30.9 Å². The Morgan fingerprint density at radius 1 is 1.28 bits per heavy atom. The Bertz CT molecular complexity index is 411. The molecule has 0 amide bonds. The lowest BCUT2D eigenvalue weighted by Crippen LogP contribution is -2.27. The molecular formula is C15H20ClNO. The van der Waals surface area contributed by atoms with Gasteiger partial charge in [0, 0.05) is 24.7 Å². The van der Waals surface area contributed by atoms with Gasteiger partial charge in [0.15, 0.2) is 0 Å². The van der Waals surface area contributed by atoms with Crippen molar-refractivity contribution in [2.24, 2.45) is 11.8 Å². The third kappa shape index (κ3) is 2.56. The van der Waals surface area contributed by atoms with E-state index in [0.29, 0.717) is 5.02 Å². The molecule has 3 atom stereocenters. The molecule has 0 spiro atoms. The van der Waals surface area contributed by atoms with Gasteiger partial charge in [-0.3, -0.25) is 4.90 Å². The standard InChI is InChI=1S/C15H20ClNO/c16-14-6-2-3-11(7-14)15(18)10-17-8-12-4-1-5-13(12)9-17/h2-3,6-7,12-13,15,18H,1,4-5,8-10H2. The first kappa shape index (κ1) is 12.5. The first-order chi connectivity index (χ1) is 8.72. The van der Waals surface area contributed by atoms with Gasteiger partial charge in [-0.25, -0.2) is 0 Å². The summed E-state index contributed by atoms with van der Waals surface area (Å²) in [5.74, 6) is 1.77. The lowest BCUT2D eigenvalue weighted by atomic mass is 10.0. The number of benzene rings is 1. The van der Waals surface area contributed by atoms with Crippen molar-refractivity contribution in [2.45, 2.75) is 25.4 Å². The van der Waals surface area contributed by atoms with E-state index in [1.807, 2.05) is 24.3 Å². The monoisotopic (exact) mass is 265 g/mol. The molecule has 1 aliphatic carbocycles. The topological polar surface area (TPSA) is 23.5 Å². The van der Waals surface area contributed by atoms with Gasteiger partial charge < -0.3 is 5.11 Å². The van der Waals surface area contributed by atoms with Crippen LogP contribution in [0.2, 0.25) is 5.02 Å². The van der Waals surface area contributed by atoms with Crippen LogP contribution >= 0.6 is 11.6 Å². The summed E-state index contributed by atoms with van der Waals surface area (Å²) >= 11 is 5.96. The Morgan fingerprint density at radius 3 is 2.67 bits per heavy atom. The third-order valence-corrected chi connectivity index (χ3v) is 4.70. The van der Waals surface area contributed by atoms with Crippen molar-refractivity contribution < 1.29 is 5.11 Å². The van der Waals surface area contributed by atoms with Crippen molar-refractivity contribution in [1.29, 1.82) is 0 Å². The lowest BCUT2D eigenvalue weighted by molar-refractivity contribution is 0.122. The zero-order valence-electron chi connectivity index (χ0n) is 10.6. The summed E-state index contributed by atoms with van der Waals surface area (Å²) in [6.45, 7) is 3.08. The molecule has 1 N–H and O–H groups in total. The predicted molar refractivity (Wildman–Crippen MR) is 73.7 cm³/mol. The second kappa shape index (κ2) is 5.20. The maximum absolute atomic E-state index is 10.3. The fourth-order valence-corrected chi connectivity index (χ4v) is 3.74. The summed E-state index contributed by atoms with van der Waals surface area (Å²) in [5.41, 5.74) is 0.930. The van der Waals surface area contributed by atoms with Crippen LogP contribution in [-0.2, 0) is 0 Å². The van der Waals surface area contributed by atoms with Gasteiger partial charge in [0.2, 0.25) is 0 Å². The van der Waals surface area contributed by atoms with Gasteiger partial charge in [0.25, 0.3) is 0 Å².